The molecule has 1 aliphatic rings. The maximum Gasteiger partial charge on any atom is 0.234 e. The Balaban J connectivity index is 2.60. The van der Waals surface area contributed by atoms with Crippen LogP contribution in [0.5, 0.6) is 0 Å². The van der Waals surface area contributed by atoms with Crippen LogP contribution in [-0.4, -0.2) is 16.7 Å². The Morgan fingerprint density at radius 3 is 2.05 bits per heavy atom. The fourth-order valence-electron chi connectivity index (χ4n) is 2.14. The minimum Gasteiger partial charge on any atom is -0.326 e. The summed E-state index contributed by atoms with van der Waals surface area (Å²) < 4.78 is 0. The van der Waals surface area contributed by atoms with Gasteiger partial charge in [-0.1, -0.05) is 24.3 Å². The van der Waals surface area contributed by atoms with Crippen molar-refractivity contribution in [3.05, 3.63) is 41.0 Å². The van der Waals surface area contributed by atoms with E-state index in [0.717, 1.165) is 10.5 Å². The van der Waals surface area contributed by atoms with Crippen LogP contribution >= 0.6 is 0 Å². The second kappa shape index (κ2) is 6.00. The molecule has 0 atom stereocenters. The SMILES string of the molecule is N#CC(C#N)=C(c1ccc(CN)cc1)N1C(=O)CCC1=O. The number of carbonyl (C=O) groups excluding carboxylic acids is 2. The quantitative estimate of drug-likeness (QED) is 0.657. The van der Waals surface area contributed by atoms with Gasteiger partial charge < -0.3 is 5.73 Å². The molecule has 0 saturated carbocycles. The van der Waals surface area contributed by atoms with E-state index in [9.17, 15) is 9.59 Å². The van der Waals surface area contributed by atoms with Crippen molar-refractivity contribution in [2.45, 2.75) is 19.4 Å². The fraction of sp³-hybridized carbons (Fsp3) is 0.200. The number of hydrogen-bond acceptors (Lipinski definition) is 5. The predicted octanol–water partition coefficient (Wildman–Crippen LogP) is 1.05. The van der Waals surface area contributed by atoms with Crippen molar-refractivity contribution in [1.29, 1.82) is 10.5 Å². The van der Waals surface area contributed by atoms with Crippen LogP contribution in [0.3, 0.4) is 0 Å². The van der Waals surface area contributed by atoms with Gasteiger partial charge in [0.2, 0.25) is 11.8 Å². The maximum atomic E-state index is 11.9. The van der Waals surface area contributed by atoms with E-state index >= 15 is 0 Å². The lowest BCUT2D eigenvalue weighted by molar-refractivity contribution is -0.134. The van der Waals surface area contributed by atoms with Crippen LogP contribution in [0.2, 0.25) is 0 Å². The highest BCUT2D eigenvalue weighted by Crippen LogP contribution is 2.28. The predicted molar refractivity (Wildman–Crippen MR) is 73.6 cm³/mol. The first-order valence-electron chi connectivity index (χ1n) is 6.32. The molecule has 0 unspecified atom stereocenters. The molecule has 0 spiro atoms. The highest BCUT2D eigenvalue weighted by atomic mass is 16.2. The van der Waals surface area contributed by atoms with E-state index in [-0.39, 0.29) is 24.1 Å². The Hall–Kier alpha value is -2.96. The summed E-state index contributed by atoms with van der Waals surface area (Å²) >= 11 is 0. The molecule has 1 fully saturated rings. The molecule has 1 aromatic carbocycles. The average molecular weight is 280 g/mol. The molecule has 0 radical (unpaired) electrons. The first kappa shape index (κ1) is 14.4. The Kier molecular flexibility index (Phi) is 4.13. The summed E-state index contributed by atoms with van der Waals surface area (Å²) in [5.41, 5.74) is 6.64. The number of nitrogens with two attached hydrogens (primary N) is 1. The second-order valence-corrected chi connectivity index (χ2v) is 4.47. The van der Waals surface area contributed by atoms with Gasteiger partial charge in [0, 0.05) is 24.9 Å². The Bertz CT molecular complexity index is 673. The van der Waals surface area contributed by atoms with E-state index in [1.807, 2.05) is 0 Å². The largest absolute Gasteiger partial charge is 0.326 e. The fourth-order valence-corrected chi connectivity index (χ4v) is 2.14. The number of hydrogen-bond donors (Lipinski definition) is 1. The Morgan fingerprint density at radius 1 is 1.10 bits per heavy atom. The molecular weight excluding hydrogens is 268 g/mol. The molecule has 1 saturated heterocycles. The van der Waals surface area contributed by atoms with Crippen LogP contribution in [0.25, 0.3) is 5.70 Å². The van der Waals surface area contributed by atoms with Gasteiger partial charge in [-0.25, -0.2) is 4.90 Å². The van der Waals surface area contributed by atoms with Crippen LogP contribution in [0.4, 0.5) is 0 Å². The highest BCUT2D eigenvalue weighted by Gasteiger charge is 2.34. The summed E-state index contributed by atoms with van der Waals surface area (Å²) in [5.74, 6) is -0.804. The number of allylic oxidation sites excluding steroid dienone is 1. The number of amides is 2. The van der Waals surface area contributed by atoms with Gasteiger partial charge in [0.05, 0.1) is 5.70 Å². The summed E-state index contributed by atoms with van der Waals surface area (Å²) in [6.45, 7) is 0.351. The average Bonchev–Trinajstić information content (AvgIpc) is 2.84. The van der Waals surface area contributed by atoms with Crippen LogP contribution < -0.4 is 5.73 Å². The molecular formula is C15H12N4O2. The number of rotatable bonds is 3. The molecule has 6 nitrogen and oxygen atoms in total. The van der Waals surface area contributed by atoms with Crippen molar-refractivity contribution in [2.24, 2.45) is 5.73 Å². The van der Waals surface area contributed by atoms with Crippen LogP contribution in [0.15, 0.2) is 29.8 Å². The zero-order valence-electron chi connectivity index (χ0n) is 11.2. The van der Waals surface area contributed by atoms with Crippen molar-refractivity contribution >= 4 is 17.5 Å². The number of likely N-dealkylation sites (tertiary alicyclic amines) is 1. The van der Waals surface area contributed by atoms with E-state index in [4.69, 9.17) is 16.3 Å². The molecule has 1 aromatic rings. The first-order chi connectivity index (χ1) is 10.1. The smallest absolute Gasteiger partial charge is 0.234 e. The standard InChI is InChI=1S/C15H12N4O2/c16-7-10-1-3-11(4-2-10)15(12(8-17)9-18)19-13(20)5-6-14(19)21/h1-4H,5-7,16H2. The van der Waals surface area contributed by atoms with Gasteiger partial charge in [0.15, 0.2) is 5.57 Å². The van der Waals surface area contributed by atoms with E-state index in [0.29, 0.717) is 12.1 Å². The van der Waals surface area contributed by atoms with E-state index < -0.39 is 11.8 Å². The van der Waals surface area contributed by atoms with Crippen molar-refractivity contribution in [1.82, 2.24) is 4.90 Å². The summed E-state index contributed by atoms with van der Waals surface area (Å²) in [7, 11) is 0. The van der Waals surface area contributed by atoms with Gasteiger partial charge in [0.1, 0.15) is 12.1 Å². The summed E-state index contributed by atoms with van der Waals surface area (Å²) in [6.07, 6.45) is 0.181. The molecule has 0 bridgehead atoms. The second-order valence-electron chi connectivity index (χ2n) is 4.47. The summed E-state index contributed by atoms with van der Waals surface area (Å²) in [6, 6.07) is 10.2. The number of carbonyl (C=O) groups is 2. The number of nitrogens with zero attached hydrogens (tertiary/aromatic N) is 3. The minimum atomic E-state index is -0.402. The molecule has 6 heteroatoms. The lowest BCUT2D eigenvalue weighted by Gasteiger charge is -2.18. The normalized spacial score (nSPS) is 13.8. The number of imide groups is 1. The molecule has 21 heavy (non-hydrogen) atoms. The van der Waals surface area contributed by atoms with E-state index in [1.165, 1.54) is 0 Å². The lowest BCUT2D eigenvalue weighted by atomic mass is 10.0. The zero-order chi connectivity index (χ0) is 15.4. The Labute approximate surface area is 121 Å². The molecule has 2 amide bonds. The van der Waals surface area contributed by atoms with Gasteiger partial charge in [-0.3, -0.25) is 9.59 Å². The monoisotopic (exact) mass is 280 g/mol. The topological polar surface area (TPSA) is 111 Å². The maximum absolute atomic E-state index is 11.9. The summed E-state index contributed by atoms with van der Waals surface area (Å²) in [4.78, 5) is 24.7. The molecule has 2 rings (SSSR count). The molecule has 104 valence electrons. The molecule has 1 heterocycles. The third-order valence-electron chi connectivity index (χ3n) is 3.20. The van der Waals surface area contributed by atoms with Crippen molar-refractivity contribution in [3.8, 4) is 12.1 Å². The minimum absolute atomic E-state index is 0.0519. The lowest BCUT2D eigenvalue weighted by Crippen LogP contribution is -2.28. The molecule has 1 aliphatic heterocycles. The van der Waals surface area contributed by atoms with Crippen LogP contribution in [-0.2, 0) is 16.1 Å². The Morgan fingerprint density at radius 2 is 1.62 bits per heavy atom. The third-order valence-corrected chi connectivity index (χ3v) is 3.20. The summed E-state index contributed by atoms with van der Waals surface area (Å²) in [5, 5.41) is 18.2. The number of benzene rings is 1. The highest BCUT2D eigenvalue weighted by molar-refractivity contribution is 6.10. The van der Waals surface area contributed by atoms with Gasteiger partial charge in [-0.05, 0) is 5.56 Å². The van der Waals surface area contributed by atoms with Gasteiger partial charge in [-0.15, -0.1) is 0 Å². The van der Waals surface area contributed by atoms with Crippen molar-refractivity contribution < 1.29 is 9.59 Å². The van der Waals surface area contributed by atoms with Crippen LogP contribution in [0.1, 0.15) is 24.0 Å². The molecule has 0 aromatic heterocycles. The van der Waals surface area contributed by atoms with Crippen molar-refractivity contribution in [2.75, 3.05) is 0 Å². The van der Waals surface area contributed by atoms with Gasteiger partial charge in [-0.2, -0.15) is 10.5 Å². The molecule has 0 aliphatic carbocycles. The number of nitriles is 2. The third kappa shape index (κ3) is 2.66. The van der Waals surface area contributed by atoms with E-state index in [2.05, 4.69) is 0 Å². The van der Waals surface area contributed by atoms with Gasteiger partial charge >= 0.3 is 0 Å². The zero-order valence-corrected chi connectivity index (χ0v) is 11.2. The van der Waals surface area contributed by atoms with E-state index in [1.54, 1.807) is 36.4 Å². The molecule has 2 N–H and O–H groups in total. The first-order valence-corrected chi connectivity index (χ1v) is 6.32. The van der Waals surface area contributed by atoms with Crippen molar-refractivity contribution in [3.63, 3.8) is 0 Å². The van der Waals surface area contributed by atoms with Gasteiger partial charge in [0.25, 0.3) is 0 Å². The van der Waals surface area contributed by atoms with Crippen LogP contribution in [0, 0.1) is 22.7 Å².